The molecule has 1 aromatic rings. The first-order valence-corrected chi connectivity index (χ1v) is 6.85. The summed E-state index contributed by atoms with van der Waals surface area (Å²) in [7, 11) is 0. The van der Waals surface area contributed by atoms with Gasteiger partial charge in [-0.2, -0.15) is 0 Å². The van der Waals surface area contributed by atoms with Gasteiger partial charge in [-0.1, -0.05) is 32.0 Å². The summed E-state index contributed by atoms with van der Waals surface area (Å²) < 4.78 is 14.0. The summed E-state index contributed by atoms with van der Waals surface area (Å²) in [6.07, 6.45) is 2.11. The molecule has 2 N–H and O–H groups in total. The Morgan fingerprint density at radius 2 is 1.72 bits per heavy atom. The number of hydrogen-bond acceptors (Lipinski definition) is 2. The van der Waals surface area contributed by atoms with Crippen molar-refractivity contribution in [1.82, 2.24) is 4.90 Å². The molecular weight excluding hydrogens is 227 g/mol. The molecule has 0 amide bonds. The van der Waals surface area contributed by atoms with E-state index in [0.717, 1.165) is 31.5 Å². The SMILES string of the molecule is CCCN(CCC)C(c1ccccc1F)C(C)N. The molecule has 0 radical (unpaired) electrons. The van der Waals surface area contributed by atoms with E-state index in [1.807, 2.05) is 19.1 Å². The van der Waals surface area contributed by atoms with Gasteiger partial charge in [0.1, 0.15) is 5.82 Å². The molecule has 0 aromatic heterocycles. The maximum Gasteiger partial charge on any atom is 0.128 e. The Morgan fingerprint density at radius 3 is 2.17 bits per heavy atom. The van der Waals surface area contributed by atoms with Gasteiger partial charge in [-0.25, -0.2) is 4.39 Å². The highest BCUT2D eigenvalue weighted by molar-refractivity contribution is 5.22. The third kappa shape index (κ3) is 3.79. The molecule has 2 atom stereocenters. The molecule has 3 heteroatoms. The van der Waals surface area contributed by atoms with Crippen LogP contribution in [0.25, 0.3) is 0 Å². The molecular formula is C15H25FN2. The quantitative estimate of drug-likeness (QED) is 0.806. The third-order valence-electron chi connectivity index (χ3n) is 3.14. The lowest BCUT2D eigenvalue weighted by molar-refractivity contribution is 0.173. The van der Waals surface area contributed by atoms with Gasteiger partial charge >= 0.3 is 0 Å². The molecule has 102 valence electrons. The van der Waals surface area contributed by atoms with Gasteiger partial charge in [-0.05, 0) is 38.9 Å². The number of benzene rings is 1. The van der Waals surface area contributed by atoms with Gasteiger partial charge in [0, 0.05) is 11.6 Å². The largest absolute Gasteiger partial charge is 0.326 e. The molecule has 0 bridgehead atoms. The van der Waals surface area contributed by atoms with Crippen LogP contribution in [-0.2, 0) is 0 Å². The van der Waals surface area contributed by atoms with E-state index in [-0.39, 0.29) is 17.9 Å². The van der Waals surface area contributed by atoms with Crippen LogP contribution in [0.4, 0.5) is 4.39 Å². The average molecular weight is 252 g/mol. The molecule has 0 aliphatic rings. The Hall–Kier alpha value is -0.930. The van der Waals surface area contributed by atoms with Crippen LogP contribution in [0, 0.1) is 5.82 Å². The summed E-state index contributed by atoms with van der Waals surface area (Å²) in [5.41, 5.74) is 6.81. The van der Waals surface area contributed by atoms with Crippen molar-refractivity contribution >= 4 is 0 Å². The molecule has 2 nitrogen and oxygen atoms in total. The van der Waals surface area contributed by atoms with E-state index < -0.39 is 0 Å². The Bertz CT molecular complexity index is 346. The highest BCUT2D eigenvalue weighted by Gasteiger charge is 2.25. The van der Waals surface area contributed by atoms with Crippen LogP contribution in [0.15, 0.2) is 24.3 Å². The highest BCUT2D eigenvalue weighted by Crippen LogP contribution is 2.26. The summed E-state index contributed by atoms with van der Waals surface area (Å²) in [5.74, 6) is -0.156. The first kappa shape index (κ1) is 15.1. The minimum Gasteiger partial charge on any atom is -0.326 e. The summed E-state index contributed by atoms with van der Waals surface area (Å²) >= 11 is 0. The molecule has 2 unspecified atom stereocenters. The number of hydrogen-bond donors (Lipinski definition) is 1. The van der Waals surface area contributed by atoms with Gasteiger partial charge in [0.25, 0.3) is 0 Å². The molecule has 0 fully saturated rings. The zero-order valence-corrected chi connectivity index (χ0v) is 11.7. The van der Waals surface area contributed by atoms with E-state index in [4.69, 9.17) is 5.73 Å². The van der Waals surface area contributed by atoms with Gasteiger partial charge in [-0.15, -0.1) is 0 Å². The van der Waals surface area contributed by atoms with E-state index in [0.29, 0.717) is 0 Å². The second kappa shape index (κ2) is 7.49. The molecule has 1 aromatic carbocycles. The van der Waals surface area contributed by atoms with Gasteiger partial charge < -0.3 is 5.73 Å². The van der Waals surface area contributed by atoms with Crippen molar-refractivity contribution in [2.75, 3.05) is 13.1 Å². The van der Waals surface area contributed by atoms with Crippen molar-refractivity contribution in [3.8, 4) is 0 Å². The zero-order valence-electron chi connectivity index (χ0n) is 11.7. The minimum atomic E-state index is -0.156. The summed E-state index contributed by atoms with van der Waals surface area (Å²) in [5, 5.41) is 0. The van der Waals surface area contributed by atoms with Crippen molar-refractivity contribution < 1.29 is 4.39 Å². The maximum atomic E-state index is 14.0. The van der Waals surface area contributed by atoms with Gasteiger partial charge in [0.15, 0.2) is 0 Å². The number of nitrogens with zero attached hydrogens (tertiary/aromatic N) is 1. The number of halogens is 1. The monoisotopic (exact) mass is 252 g/mol. The van der Waals surface area contributed by atoms with E-state index >= 15 is 0 Å². The lowest BCUT2D eigenvalue weighted by Gasteiger charge is -2.34. The van der Waals surface area contributed by atoms with Crippen LogP contribution in [0.2, 0.25) is 0 Å². The van der Waals surface area contributed by atoms with Crippen LogP contribution in [0.1, 0.15) is 45.2 Å². The van der Waals surface area contributed by atoms with Crippen molar-refractivity contribution in [3.05, 3.63) is 35.6 Å². The van der Waals surface area contributed by atoms with E-state index in [1.165, 1.54) is 6.07 Å². The first-order valence-electron chi connectivity index (χ1n) is 6.85. The highest BCUT2D eigenvalue weighted by atomic mass is 19.1. The second-order valence-electron chi connectivity index (χ2n) is 4.86. The van der Waals surface area contributed by atoms with Crippen molar-refractivity contribution in [2.45, 2.75) is 45.7 Å². The summed E-state index contributed by atoms with van der Waals surface area (Å²) in [4.78, 5) is 2.29. The van der Waals surface area contributed by atoms with Crippen molar-refractivity contribution in [1.29, 1.82) is 0 Å². The van der Waals surface area contributed by atoms with Crippen molar-refractivity contribution in [3.63, 3.8) is 0 Å². The standard InChI is InChI=1S/C15H25FN2/c1-4-10-18(11-5-2)15(12(3)17)13-8-6-7-9-14(13)16/h6-9,12,15H,4-5,10-11,17H2,1-3H3. The Labute approximate surface area is 110 Å². The average Bonchev–Trinajstić information content (AvgIpc) is 2.32. The summed E-state index contributed by atoms with van der Waals surface area (Å²) in [6.45, 7) is 8.14. The minimum absolute atomic E-state index is 0.0360. The van der Waals surface area contributed by atoms with Crippen molar-refractivity contribution in [2.24, 2.45) is 5.73 Å². The van der Waals surface area contributed by atoms with E-state index in [1.54, 1.807) is 6.07 Å². The fraction of sp³-hybridized carbons (Fsp3) is 0.600. The van der Waals surface area contributed by atoms with Crippen LogP contribution < -0.4 is 5.73 Å². The lowest BCUT2D eigenvalue weighted by atomic mass is 9.98. The first-order chi connectivity index (χ1) is 8.61. The van der Waals surface area contributed by atoms with Gasteiger partial charge in [-0.3, -0.25) is 4.90 Å². The Kier molecular flexibility index (Phi) is 6.30. The molecule has 0 saturated carbocycles. The smallest absolute Gasteiger partial charge is 0.128 e. The van der Waals surface area contributed by atoms with Crippen LogP contribution in [-0.4, -0.2) is 24.0 Å². The molecule has 0 spiro atoms. The predicted octanol–water partition coefficient (Wildman–Crippen LogP) is 3.34. The maximum absolute atomic E-state index is 14.0. The molecule has 0 aliphatic heterocycles. The van der Waals surface area contributed by atoms with Gasteiger partial charge in [0.05, 0.1) is 6.04 Å². The van der Waals surface area contributed by atoms with Crippen LogP contribution in [0.5, 0.6) is 0 Å². The molecule has 18 heavy (non-hydrogen) atoms. The lowest BCUT2D eigenvalue weighted by Crippen LogP contribution is -2.40. The zero-order chi connectivity index (χ0) is 13.5. The Morgan fingerprint density at radius 1 is 1.17 bits per heavy atom. The second-order valence-corrected chi connectivity index (χ2v) is 4.86. The molecule has 0 heterocycles. The van der Waals surface area contributed by atoms with E-state index in [2.05, 4.69) is 18.7 Å². The van der Waals surface area contributed by atoms with Crippen LogP contribution >= 0.6 is 0 Å². The third-order valence-corrected chi connectivity index (χ3v) is 3.14. The fourth-order valence-corrected chi connectivity index (χ4v) is 2.49. The number of nitrogens with two attached hydrogens (primary N) is 1. The fourth-order valence-electron chi connectivity index (χ4n) is 2.49. The normalized spacial score (nSPS) is 14.8. The topological polar surface area (TPSA) is 29.3 Å². The van der Waals surface area contributed by atoms with Crippen LogP contribution in [0.3, 0.4) is 0 Å². The number of rotatable bonds is 7. The molecule has 1 rings (SSSR count). The molecule has 0 aliphatic carbocycles. The van der Waals surface area contributed by atoms with E-state index in [9.17, 15) is 4.39 Å². The Balaban J connectivity index is 3.03. The van der Waals surface area contributed by atoms with Gasteiger partial charge in [0.2, 0.25) is 0 Å². The summed E-state index contributed by atoms with van der Waals surface area (Å²) in [6, 6.07) is 6.85. The molecule has 0 saturated heterocycles. The predicted molar refractivity (Wildman–Crippen MR) is 74.9 cm³/mol.